The molecule has 0 saturated heterocycles. The van der Waals surface area contributed by atoms with Gasteiger partial charge in [0.05, 0.1) is 20.4 Å². The van der Waals surface area contributed by atoms with Crippen molar-refractivity contribution < 1.29 is 9.47 Å². The molecule has 0 bridgehead atoms. The summed E-state index contributed by atoms with van der Waals surface area (Å²) in [6.07, 6.45) is 18.5. The molecule has 1 aromatic rings. The van der Waals surface area contributed by atoms with E-state index in [0.717, 1.165) is 44.7 Å². The van der Waals surface area contributed by atoms with E-state index in [0.29, 0.717) is 0 Å². The van der Waals surface area contributed by atoms with E-state index in [-0.39, 0.29) is 0 Å². The van der Waals surface area contributed by atoms with Gasteiger partial charge in [0.1, 0.15) is 11.5 Å². The Labute approximate surface area is 201 Å². The number of rotatable bonds is 18. The largest absolute Gasteiger partial charge is 0.492 e. The first-order valence-electron chi connectivity index (χ1n) is 11.4. The van der Waals surface area contributed by atoms with Crippen molar-refractivity contribution in [3.8, 4) is 11.5 Å². The standard InChI is InChI=1S/C24H40I2O2/c1-3-5-7-9-10-11-12-13-14-16-18-28-24-20-21(25)23(19-22(24)26)27-17-15-8-6-4-2/h19-20H,3-18H2,1-2H3. The maximum atomic E-state index is 6.03. The summed E-state index contributed by atoms with van der Waals surface area (Å²) in [6, 6.07) is 4.25. The normalized spacial score (nSPS) is 11.0. The molecule has 2 nitrogen and oxygen atoms in total. The molecule has 0 radical (unpaired) electrons. The summed E-state index contributed by atoms with van der Waals surface area (Å²) >= 11 is 4.72. The first-order valence-corrected chi connectivity index (χ1v) is 13.6. The number of unbranched alkanes of at least 4 members (excludes halogenated alkanes) is 12. The molecule has 0 fully saturated rings. The number of halogens is 2. The summed E-state index contributed by atoms with van der Waals surface area (Å²) in [4.78, 5) is 0. The van der Waals surface area contributed by atoms with Gasteiger partial charge in [-0.1, -0.05) is 90.9 Å². The van der Waals surface area contributed by atoms with Gasteiger partial charge in [-0.05, 0) is 70.2 Å². The van der Waals surface area contributed by atoms with Crippen molar-refractivity contribution in [1.82, 2.24) is 0 Å². The summed E-state index contributed by atoms with van der Waals surface area (Å²) in [5.41, 5.74) is 0. The minimum absolute atomic E-state index is 0.810. The Morgan fingerprint density at radius 3 is 1.25 bits per heavy atom. The van der Waals surface area contributed by atoms with Crippen LogP contribution in [0.2, 0.25) is 0 Å². The summed E-state index contributed by atoms with van der Waals surface area (Å²) < 4.78 is 14.3. The van der Waals surface area contributed by atoms with Crippen LogP contribution in [0.25, 0.3) is 0 Å². The first-order chi connectivity index (χ1) is 13.7. The molecule has 162 valence electrons. The topological polar surface area (TPSA) is 18.5 Å². The molecule has 0 aromatic heterocycles. The molecule has 0 N–H and O–H groups in total. The molecule has 0 saturated carbocycles. The SMILES string of the molecule is CCCCCCCCCCCCOc1cc(I)c(OCCCCCC)cc1I. The second kappa shape index (κ2) is 18.1. The molecule has 0 heterocycles. The van der Waals surface area contributed by atoms with Crippen molar-refractivity contribution in [2.24, 2.45) is 0 Å². The van der Waals surface area contributed by atoms with E-state index in [1.54, 1.807) is 0 Å². The number of ether oxygens (including phenoxy) is 2. The Hall–Kier alpha value is 0.280. The Morgan fingerprint density at radius 1 is 0.536 bits per heavy atom. The van der Waals surface area contributed by atoms with Gasteiger partial charge in [-0.25, -0.2) is 0 Å². The van der Waals surface area contributed by atoms with Crippen molar-refractivity contribution >= 4 is 45.2 Å². The van der Waals surface area contributed by atoms with Crippen LogP contribution in [0.4, 0.5) is 0 Å². The molecule has 0 aliphatic carbocycles. The van der Waals surface area contributed by atoms with Crippen LogP contribution in [0.5, 0.6) is 11.5 Å². The fourth-order valence-corrected chi connectivity index (χ4v) is 4.40. The van der Waals surface area contributed by atoms with Crippen LogP contribution in [0.15, 0.2) is 12.1 Å². The maximum absolute atomic E-state index is 6.03. The fraction of sp³-hybridized carbons (Fsp3) is 0.750. The molecular weight excluding hydrogens is 574 g/mol. The zero-order valence-electron chi connectivity index (χ0n) is 18.0. The molecule has 0 spiro atoms. The van der Waals surface area contributed by atoms with Gasteiger partial charge >= 0.3 is 0 Å². The van der Waals surface area contributed by atoms with Crippen LogP contribution in [-0.2, 0) is 0 Å². The van der Waals surface area contributed by atoms with E-state index in [9.17, 15) is 0 Å². The highest BCUT2D eigenvalue weighted by Crippen LogP contribution is 2.31. The van der Waals surface area contributed by atoms with E-state index >= 15 is 0 Å². The van der Waals surface area contributed by atoms with Crippen molar-refractivity contribution in [3.63, 3.8) is 0 Å². The van der Waals surface area contributed by atoms with Crippen molar-refractivity contribution in [2.75, 3.05) is 13.2 Å². The Bertz CT molecular complexity index is 506. The second-order valence-corrected chi connectivity index (χ2v) is 9.98. The van der Waals surface area contributed by atoms with Crippen LogP contribution in [0.1, 0.15) is 104 Å². The lowest BCUT2D eigenvalue weighted by Crippen LogP contribution is -2.02. The van der Waals surface area contributed by atoms with E-state index in [2.05, 4.69) is 71.2 Å². The highest BCUT2D eigenvalue weighted by molar-refractivity contribution is 14.1. The van der Waals surface area contributed by atoms with E-state index in [4.69, 9.17) is 9.47 Å². The zero-order valence-corrected chi connectivity index (χ0v) is 22.4. The third-order valence-electron chi connectivity index (χ3n) is 5.00. The van der Waals surface area contributed by atoms with Crippen LogP contribution in [0.3, 0.4) is 0 Å². The third-order valence-corrected chi connectivity index (χ3v) is 6.68. The number of hydrogen-bond acceptors (Lipinski definition) is 2. The molecular formula is C24H40I2O2. The molecule has 28 heavy (non-hydrogen) atoms. The summed E-state index contributed by atoms with van der Waals surface area (Å²) in [6.45, 7) is 6.15. The average Bonchev–Trinajstić information content (AvgIpc) is 2.69. The zero-order chi connectivity index (χ0) is 20.5. The van der Waals surface area contributed by atoms with E-state index < -0.39 is 0 Å². The van der Waals surface area contributed by atoms with Gasteiger partial charge in [0.15, 0.2) is 0 Å². The van der Waals surface area contributed by atoms with Gasteiger partial charge in [-0.3, -0.25) is 0 Å². The average molecular weight is 614 g/mol. The van der Waals surface area contributed by atoms with Gasteiger partial charge in [0.25, 0.3) is 0 Å². The van der Waals surface area contributed by atoms with Crippen molar-refractivity contribution in [3.05, 3.63) is 19.3 Å². The molecule has 1 aromatic carbocycles. The van der Waals surface area contributed by atoms with Crippen molar-refractivity contribution in [2.45, 2.75) is 104 Å². The van der Waals surface area contributed by atoms with Gasteiger partial charge in [0, 0.05) is 0 Å². The Balaban J connectivity index is 2.15. The van der Waals surface area contributed by atoms with Crippen LogP contribution in [0, 0.1) is 7.14 Å². The van der Waals surface area contributed by atoms with Crippen LogP contribution >= 0.6 is 45.2 Å². The van der Waals surface area contributed by atoms with Gasteiger partial charge in [0.2, 0.25) is 0 Å². The van der Waals surface area contributed by atoms with Gasteiger partial charge in [-0.15, -0.1) is 0 Å². The summed E-state index contributed by atoms with van der Waals surface area (Å²) in [7, 11) is 0. The van der Waals surface area contributed by atoms with Gasteiger partial charge < -0.3 is 9.47 Å². The molecule has 0 amide bonds. The highest BCUT2D eigenvalue weighted by Gasteiger charge is 2.09. The molecule has 0 aliphatic heterocycles. The summed E-state index contributed by atoms with van der Waals surface area (Å²) in [5.74, 6) is 1.99. The molecule has 1 rings (SSSR count). The van der Waals surface area contributed by atoms with Crippen LogP contribution < -0.4 is 9.47 Å². The molecule has 0 atom stereocenters. The Kier molecular flexibility index (Phi) is 17.0. The fourth-order valence-electron chi connectivity index (χ4n) is 3.21. The quantitative estimate of drug-likeness (QED) is 0.121. The predicted octanol–water partition coefficient (Wildman–Crippen LogP) is 9.15. The first kappa shape index (κ1) is 26.3. The number of hydrogen-bond donors (Lipinski definition) is 0. The Morgan fingerprint density at radius 2 is 0.857 bits per heavy atom. The molecule has 0 aliphatic rings. The summed E-state index contributed by atoms with van der Waals surface area (Å²) in [5, 5.41) is 0. The molecule has 0 unspecified atom stereocenters. The van der Waals surface area contributed by atoms with E-state index in [1.165, 1.54) is 77.0 Å². The predicted molar refractivity (Wildman–Crippen MR) is 139 cm³/mol. The monoisotopic (exact) mass is 614 g/mol. The second-order valence-electron chi connectivity index (χ2n) is 7.65. The van der Waals surface area contributed by atoms with Crippen LogP contribution in [-0.4, -0.2) is 13.2 Å². The lowest BCUT2D eigenvalue weighted by atomic mass is 10.1. The van der Waals surface area contributed by atoms with Gasteiger partial charge in [-0.2, -0.15) is 0 Å². The third kappa shape index (κ3) is 12.8. The lowest BCUT2D eigenvalue weighted by molar-refractivity contribution is 0.293. The minimum Gasteiger partial charge on any atom is -0.492 e. The highest BCUT2D eigenvalue weighted by atomic mass is 127. The minimum atomic E-state index is 0.810. The maximum Gasteiger partial charge on any atom is 0.133 e. The van der Waals surface area contributed by atoms with E-state index in [1.807, 2.05) is 0 Å². The lowest BCUT2D eigenvalue weighted by Gasteiger charge is -2.13. The molecule has 4 heteroatoms. The smallest absolute Gasteiger partial charge is 0.133 e. The number of benzene rings is 1. The van der Waals surface area contributed by atoms with Crippen molar-refractivity contribution in [1.29, 1.82) is 0 Å².